The first-order chi connectivity index (χ1) is 14.0. The van der Waals surface area contributed by atoms with Crippen LogP contribution in [0.5, 0.6) is 0 Å². The number of hydrogen-bond donors (Lipinski definition) is 2. The van der Waals surface area contributed by atoms with Gasteiger partial charge in [-0.2, -0.15) is 4.98 Å². The van der Waals surface area contributed by atoms with E-state index in [2.05, 4.69) is 20.8 Å². The number of amides is 3. The number of nitrogens with zero attached hydrogens (tertiary/aromatic N) is 3. The van der Waals surface area contributed by atoms with Crippen molar-refractivity contribution in [3.05, 3.63) is 35.2 Å². The molecule has 0 radical (unpaired) electrons. The largest absolute Gasteiger partial charge is 0.357 e. The van der Waals surface area contributed by atoms with Crippen LogP contribution in [-0.4, -0.2) is 58.9 Å². The molecule has 1 aromatic carbocycles. The van der Waals surface area contributed by atoms with E-state index in [1.54, 1.807) is 31.3 Å². The zero-order valence-electron chi connectivity index (χ0n) is 16.0. The number of carbonyl (C=O) groups is 3. The van der Waals surface area contributed by atoms with Crippen LogP contribution >= 0.6 is 11.6 Å². The first kappa shape index (κ1) is 20.8. The molecule has 29 heavy (non-hydrogen) atoms. The van der Waals surface area contributed by atoms with E-state index >= 15 is 0 Å². The van der Waals surface area contributed by atoms with Crippen molar-refractivity contribution in [2.75, 3.05) is 20.1 Å². The van der Waals surface area contributed by atoms with Gasteiger partial charge in [0.1, 0.15) is 6.04 Å². The molecule has 1 atom stereocenters. The van der Waals surface area contributed by atoms with Gasteiger partial charge in [0.25, 0.3) is 0 Å². The first-order valence-electron chi connectivity index (χ1n) is 9.34. The number of halogens is 1. The van der Waals surface area contributed by atoms with Gasteiger partial charge in [-0.3, -0.25) is 14.4 Å². The van der Waals surface area contributed by atoms with E-state index in [4.69, 9.17) is 16.1 Å². The Hall–Kier alpha value is -2.94. The Morgan fingerprint density at radius 2 is 2.03 bits per heavy atom. The molecule has 3 amide bonds. The highest BCUT2D eigenvalue weighted by molar-refractivity contribution is 6.30. The van der Waals surface area contributed by atoms with Gasteiger partial charge in [0.2, 0.25) is 29.4 Å². The van der Waals surface area contributed by atoms with Crippen molar-refractivity contribution in [3.63, 3.8) is 0 Å². The predicted octanol–water partition coefficient (Wildman–Crippen LogP) is 1.18. The second-order valence-electron chi connectivity index (χ2n) is 6.65. The monoisotopic (exact) mass is 419 g/mol. The van der Waals surface area contributed by atoms with Crippen LogP contribution in [0.1, 0.15) is 25.2 Å². The van der Waals surface area contributed by atoms with Crippen LogP contribution in [0.4, 0.5) is 0 Å². The Morgan fingerprint density at radius 1 is 1.28 bits per heavy atom. The fourth-order valence-electron chi connectivity index (χ4n) is 3.16. The second-order valence-corrected chi connectivity index (χ2v) is 7.09. The van der Waals surface area contributed by atoms with Crippen LogP contribution in [0.25, 0.3) is 11.4 Å². The van der Waals surface area contributed by atoms with E-state index < -0.39 is 6.04 Å². The molecule has 0 bridgehead atoms. The zero-order chi connectivity index (χ0) is 20.8. The average molecular weight is 420 g/mol. The van der Waals surface area contributed by atoms with E-state index in [0.717, 1.165) is 12.0 Å². The summed E-state index contributed by atoms with van der Waals surface area (Å²) in [6, 6.07) is 6.55. The Morgan fingerprint density at radius 3 is 2.76 bits per heavy atom. The topological polar surface area (TPSA) is 117 Å². The third-order valence-electron chi connectivity index (χ3n) is 4.70. The molecule has 0 spiro atoms. The van der Waals surface area contributed by atoms with Crippen LogP contribution in [-0.2, 0) is 20.8 Å². The molecule has 2 heterocycles. The van der Waals surface area contributed by atoms with Crippen molar-refractivity contribution < 1.29 is 18.9 Å². The van der Waals surface area contributed by atoms with Crippen molar-refractivity contribution in [1.82, 2.24) is 25.7 Å². The van der Waals surface area contributed by atoms with E-state index in [1.807, 2.05) is 0 Å². The second kappa shape index (κ2) is 9.51. The lowest BCUT2D eigenvalue weighted by atomic mass is 10.2. The van der Waals surface area contributed by atoms with E-state index in [-0.39, 0.29) is 37.1 Å². The number of hydrogen-bond acceptors (Lipinski definition) is 6. The number of likely N-dealkylation sites (tertiary alicyclic amines) is 1. The molecule has 1 aliphatic rings. The molecule has 2 aromatic rings. The summed E-state index contributed by atoms with van der Waals surface area (Å²) in [4.78, 5) is 42.0. The number of carbonyl (C=O) groups excluding carboxylic acids is 3. The number of aromatic nitrogens is 2. The molecule has 1 unspecified atom stereocenters. The third-order valence-corrected chi connectivity index (χ3v) is 4.95. The minimum atomic E-state index is -0.464. The Kier molecular flexibility index (Phi) is 6.82. The highest BCUT2D eigenvalue weighted by atomic mass is 35.5. The number of rotatable bonds is 7. The van der Waals surface area contributed by atoms with Crippen molar-refractivity contribution in [3.8, 4) is 11.4 Å². The van der Waals surface area contributed by atoms with Crippen molar-refractivity contribution >= 4 is 29.3 Å². The molecule has 0 saturated carbocycles. The van der Waals surface area contributed by atoms with Crippen LogP contribution < -0.4 is 10.6 Å². The van der Waals surface area contributed by atoms with E-state index in [1.165, 1.54) is 4.90 Å². The molecule has 1 aromatic heterocycles. The molecule has 3 rings (SSSR count). The number of aryl methyl sites for hydroxylation is 1. The van der Waals surface area contributed by atoms with Crippen LogP contribution in [0.2, 0.25) is 5.02 Å². The Labute approximate surface area is 172 Å². The van der Waals surface area contributed by atoms with Crippen molar-refractivity contribution in [2.45, 2.75) is 31.7 Å². The van der Waals surface area contributed by atoms with Gasteiger partial charge >= 0.3 is 0 Å². The molecule has 10 heteroatoms. The lowest BCUT2D eigenvalue weighted by molar-refractivity contribution is -0.138. The molecular formula is C19H22ClN5O4. The van der Waals surface area contributed by atoms with Gasteiger partial charge in [-0.25, -0.2) is 0 Å². The fourth-order valence-corrected chi connectivity index (χ4v) is 3.29. The quantitative estimate of drug-likeness (QED) is 0.695. The van der Waals surface area contributed by atoms with Gasteiger partial charge in [-0.1, -0.05) is 16.8 Å². The maximum absolute atomic E-state index is 12.3. The molecule has 1 aliphatic heterocycles. The fraction of sp³-hybridized carbons (Fsp3) is 0.421. The number of benzene rings is 1. The molecular weight excluding hydrogens is 398 g/mol. The first-order valence-corrected chi connectivity index (χ1v) is 9.72. The third kappa shape index (κ3) is 5.32. The molecule has 1 fully saturated rings. The summed E-state index contributed by atoms with van der Waals surface area (Å²) >= 11 is 5.86. The normalized spacial score (nSPS) is 15.9. The van der Waals surface area contributed by atoms with Crippen molar-refractivity contribution in [2.24, 2.45) is 0 Å². The zero-order valence-corrected chi connectivity index (χ0v) is 16.7. The van der Waals surface area contributed by atoms with Gasteiger partial charge in [-0.05, 0) is 37.1 Å². The van der Waals surface area contributed by atoms with Gasteiger partial charge in [0.05, 0.1) is 6.54 Å². The van der Waals surface area contributed by atoms with Gasteiger partial charge < -0.3 is 20.1 Å². The van der Waals surface area contributed by atoms with E-state index in [0.29, 0.717) is 29.7 Å². The molecule has 1 saturated heterocycles. The summed E-state index contributed by atoms with van der Waals surface area (Å²) in [5.41, 5.74) is 0.760. The molecule has 2 N–H and O–H groups in total. The van der Waals surface area contributed by atoms with E-state index in [9.17, 15) is 14.4 Å². The van der Waals surface area contributed by atoms with Gasteiger partial charge in [-0.15, -0.1) is 0 Å². The summed E-state index contributed by atoms with van der Waals surface area (Å²) in [6.07, 6.45) is 1.76. The van der Waals surface area contributed by atoms with Crippen molar-refractivity contribution in [1.29, 1.82) is 0 Å². The standard InChI is InChI=1S/C19H22ClN5O4/c1-21-19(28)14-3-2-10-25(14)17(27)11-22-15(26)8-9-16-23-18(24-29-16)12-4-6-13(20)7-5-12/h4-7,14H,2-3,8-11H2,1H3,(H,21,28)(H,22,26). The minimum absolute atomic E-state index is 0.106. The summed E-state index contributed by atoms with van der Waals surface area (Å²) < 4.78 is 5.17. The minimum Gasteiger partial charge on any atom is -0.357 e. The predicted molar refractivity (Wildman–Crippen MR) is 105 cm³/mol. The van der Waals surface area contributed by atoms with Gasteiger partial charge in [0.15, 0.2) is 0 Å². The average Bonchev–Trinajstić information content (AvgIpc) is 3.40. The smallest absolute Gasteiger partial charge is 0.242 e. The lowest BCUT2D eigenvalue weighted by Crippen LogP contribution is -2.48. The Balaban J connectivity index is 1.45. The highest BCUT2D eigenvalue weighted by Crippen LogP contribution is 2.19. The Bertz CT molecular complexity index is 883. The maximum atomic E-state index is 12.3. The summed E-state index contributed by atoms with van der Waals surface area (Å²) in [5.74, 6) is -0.0141. The molecule has 154 valence electrons. The van der Waals surface area contributed by atoms with Crippen LogP contribution in [0.15, 0.2) is 28.8 Å². The number of nitrogens with one attached hydrogen (secondary N) is 2. The summed E-state index contributed by atoms with van der Waals surface area (Å²) in [6.45, 7) is 0.369. The maximum Gasteiger partial charge on any atom is 0.242 e. The highest BCUT2D eigenvalue weighted by Gasteiger charge is 2.33. The van der Waals surface area contributed by atoms with Crippen LogP contribution in [0.3, 0.4) is 0 Å². The molecule has 0 aliphatic carbocycles. The molecule has 9 nitrogen and oxygen atoms in total. The van der Waals surface area contributed by atoms with Gasteiger partial charge in [0, 0.05) is 37.0 Å². The number of likely N-dealkylation sites (N-methyl/N-ethyl adjacent to an activating group) is 1. The van der Waals surface area contributed by atoms with Crippen LogP contribution in [0, 0.1) is 0 Å². The SMILES string of the molecule is CNC(=O)C1CCCN1C(=O)CNC(=O)CCc1nc(-c2ccc(Cl)cc2)no1. The summed E-state index contributed by atoms with van der Waals surface area (Å²) in [5, 5.41) is 9.65. The lowest BCUT2D eigenvalue weighted by Gasteiger charge is -2.23. The summed E-state index contributed by atoms with van der Waals surface area (Å²) in [7, 11) is 1.54.